The van der Waals surface area contributed by atoms with E-state index >= 15 is 0 Å². The lowest BCUT2D eigenvalue weighted by Gasteiger charge is -2.37. The van der Waals surface area contributed by atoms with Crippen LogP contribution in [0.1, 0.15) is 45.4 Å². The molecule has 0 unspecified atom stereocenters. The highest BCUT2D eigenvalue weighted by molar-refractivity contribution is 9.11. The topological polar surface area (TPSA) is 68.1 Å². The maximum atomic E-state index is 12.8. The number of hydrogen-bond acceptors (Lipinski definition) is 6. The number of nitrogens with one attached hydrogen (secondary N) is 1. The highest BCUT2D eigenvalue weighted by Crippen LogP contribution is 2.44. The molecular formula is C17H24BrClN2O2S3. The van der Waals surface area contributed by atoms with E-state index < -0.39 is 26.4 Å². The van der Waals surface area contributed by atoms with E-state index in [-0.39, 0.29) is 0 Å². The van der Waals surface area contributed by atoms with Crippen LogP contribution in [0.3, 0.4) is 0 Å². The van der Waals surface area contributed by atoms with Gasteiger partial charge in [-0.1, -0.05) is 11.6 Å². The van der Waals surface area contributed by atoms with Gasteiger partial charge in [0.15, 0.2) is 0 Å². The fourth-order valence-electron chi connectivity index (χ4n) is 2.49. The molecule has 0 bridgehead atoms. The number of hydrogen-bond donors (Lipinski definition) is 1. The number of halogens is 2. The van der Waals surface area contributed by atoms with Crippen molar-refractivity contribution in [3.63, 3.8) is 0 Å². The second-order valence-corrected chi connectivity index (χ2v) is 13.7. The fourth-order valence-corrected chi connectivity index (χ4v) is 7.15. The Labute approximate surface area is 180 Å². The van der Waals surface area contributed by atoms with Crippen molar-refractivity contribution in [2.45, 2.75) is 55.6 Å². The Morgan fingerprint density at radius 1 is 1.46 bits per heavy atom. The van der Waals surface area contributed by atoms with Gasteiger partial charge in [0.1, 0.15) is 15.0 Å². The lowest BCUT2D eigenvalue weighted by atomic mass is 10.0. The van der Waals surface area contributed by atoms with Crippen LogP contribution >= 0.6 is 50.6 Å². The van der Waals surface area contributed by atoms with E-state index in [2.05, 4.69) is 26.7 Å². The van der Waals surface area contributed by atoms with Crippen molar-refractivity contribution < 1.29 is 9.29 Å². The summed E-state index contributed by atoms with van der Waals surface area (Å²) in [4.78, 5) is 0.927. The van der Waals surface area contributed by atoms with Gasteiger partial charge in [0, 0.05) is 35.2 Å². The Balaban J connectivity index is 2.28. The second-order valence-electron chi connectivity index (χ2n) is 7.55. The van der Waals surface area contributed by atoms with Crippen LogP contribution in [-0.4, -0.2) is 33.0 Å². The molecule has 1 aromatic heterocycles. The molecule has 146 valence electrons. The monoisotopic (exact) mass is 498 g/mol. The molecule has 26 heavy (non-hydrogen) atoms. The molecule has 1 fully saturated rings. The number of rotatable bonds is 6. The largest absolute Gasteiger partial charge is 0.598 e. The zero-order valence-electron chi connectivity index (χ0n) is 15.4. The van der Waals surface area contributed by atoms with Crippen molar-refractivity contribution in [3.8, 4) is 6.07 Å². The van der Waals surface area contributed by atoms with Gasteiger partial charge in [-0.05, 0) is 62.5 Å². The molecule has 0 aliphatic carbocycles. The first-order valence-corrected chi connectivity index (χ1v) is 12.4. The number of nitriles is 1. The molecule has 2 rings (SSSR count). The molecular weight excluding hydrogens is 476 g/mol. The van der Waals surface area contributed by atoms with Crippen LogP contribution < -0.4 is 4.72 Å². The summed E-state index contributed by atoms with van der Waals surface area (Å²) in [5.41, 5.74) is -0.612. The van der Waals surface area contributed by atoms with Gasteiger partial charge >= 0.3 is 0 Å². The molecule has 2 atom stereocenters. The quantitative estimate of drug-likeness (QED) is 0.542. The lowest BCUT2D eigenvalue weighted by Crippen LogP contribution is -2.51. The molecule has 1 saturated heterocycles. The number of thiophene rings is 1. The third-order valence-electron chi connectivity index (χ3n) is 4.17. The van der Waals surface area contributed by atoms with Gasteiger partial charge in [0.25, 0.3) is 0 Å². The summed E-state index contributed by atoms with van der Waals surface area (Å²) >= 11 is 11.8. The summed E-state index contributed by atoms with van der Waals surface area (Å²) in [5, 5.41) is 10.4. The molecule has 0 saturated carbocycles. The van der Waals surface area contributed by atoms with Crippen LogP contribution in [0.4, 0.5) is 0 Å². The zero-order valence-corrected chi connectivity index (χ0v) is 20.1. The molecule has 1 aromatic rings. The van der Waals surface area contributed by atoms with Crippen molar-refractivity contribution in [2.75, 3.05) is 19.0 Å². The van der Waals surface area contributed by atoms with Crippen molar-refractivity contribution in [1.82, 2.24) is 4.72 Å². The summed E-state index contributed by atoms with van der Waals surface area (Å²) in [5.74, 6) is 0.592. The highest BCUT2D eigenvalue weighted by Gasteiger charge is 2.43. The molecule has 1 aliphatic heterocycles. The predicted octanol–water partition coefficient (Wildman–Crippen LogP) is 5.24. The van der Waals surface area contributed by atoms with Gasteiger partial charge in [-0.3, -0.25) is 0 Å². The van der Waals surface area contributed by atoms with Gasteiger partial charge < -0.3 is 9.29 Å². The van der Waals surface area contributed by atoms with Gasteiger partial charge in [-0.2, -0.15) is 5.26 Å². The third-order valence-corrected chi connectivity index (χ3v) is 10.0. The minimum absolute atomic E-state index is 0.404. The van der Waals surface area contributed by atoms with Gasteiger partial charge in [-0.15, -0.1) is 27.8 Å². The molecule has 1 aliphatic rings. The Kier molecular flexibility index (Phi) is 7.82. The van der Waals surface area contributed by atoms with Crippen LogP contribution in [0, 0.1) is 11.3 Å². The Hall–Kier alpha value is 0.540. The molecule has 0 radical (unpaired) electrons. The van der Waals surface area contributed by atoms with Crippen LogP contribution in [0.25, 0.3) is 0 Å². The van der Waals surface area contributed by atoms with E-state index in [4.69, 9.17) is 16.3 Å². The first-order chi connectivity index (χ1) is 12.0. The second kappa shape index (κ2) is 8.91. The average Bonchev–Trinajstić information content (AvgIpc) is 2.92. The summed E-state index contributed by atoms with van der Waals surface area (Å²) < 4.78 is 21.6. The number of nitrogens with zero attached hydrogens (tertiary/aromatic N) is 1. The van der Waals surface area contributed by atoms with E-state index in [0.717, 1.165) is 8.66 Å². The van der Waals surface area contributed by atoms with Crippen LogP contribution in [0.5, 0.6) is 0 Å². The Morgan fingerprint density at radius 3 is 2.54 bits per heavy atom. The summed E-state index contributed by atoms with van der Waals surface area (Å²) in [7, 11) is 0. The maximum Gasteiger partial charge on any atom is 0.136 e. The maximum absolute atomic E-state index is 12.8. The lowest BCUT2D eigenvalue weighted by molar-refractivity contribution is 0.0885. The number of thioether (sulfide) groups is 1. The van der Waals surface area contributed by atoms with Crippen molar-refractivity contribution in [1.29, 1.82) is 5.26 Å². The van der Waals surface area contributed by atoms with E-state index in [1.807, 2.05) is 33.8 Å². The normalized spacial score (nSPS) is 21.0. The van der Waals surface area contributed by atoms with Crippen LogP contribution in [-0.2, 0) is 21.6 Å². The minimum atomic E-state index is -1.27. The van der Waals surface area contributed by atoms with E-state index in [0.29, 0.717) is 36.8 Å². The zero-order chi connectivity index (χ0) is 19.6. The summed E-state index contributed by atoms with van der Waals surface area (Å²) in [6, 6.07) is 4.35. The highest BCUT2D eigenvalue weighted by atomic mass is 79.9. The van der Waals surface area contributed by atoms with Crippen molar-refractivity contribution >= 4 is 62.0 Å². The molecule has 0 aromatic carbocycles. The van der Waals surface area contributed by atoms with E-state index in [1.54, 1.807) is 11.8 Å². The summed E-state index contributed by atoms with van der Waals surface area (Å²) in [6.45, 7) is 9.02. The van der Waals surface area contributed by atoms with Gasteiger partial charge in [0.2, 0.25) is 0 Å². The smallest absolute Gasteiger partial charge is 0.136 e. The molecule has 2 heterocycles. The SMILES string of the molecule is CC(C)(C)[S@@+]([O-])N[C@@](C)(CSC1(C#N)CCOCC1)c1sc(Br)cc1Cl. The van der Waals surface area contributed by atoms with Crippen molar-refractivity contribution in [2.24, 2.45) is 0 Å². The van der Waals surface area contributed by atoms with Crippen LogP contribution in [0.15, 0.2) is 9.85 Å². The van der Waals surface area contributed by atoms with E-state index in [1.165, 1.54) is 11.3 Å². The molecule has 1 N–H and O–H groups in total. The van der Waals surface area contributed by atoms with Crippen LogP contribution in [0.2, 0.25) is 5.02 Å². The van der Waals surface area contributed by atoms with Gasteiger partial charge in [-0.25, -0.2) is 0 Å². The van der Waals surface area contributed by atoms with Crippen molar-refractivity contribution in [3.05, 3.63) is 19.8 Å². The Bertz CT molecular complexity index is 668. The number of ether oxygens (including phenoxy) is 1. The Morgan fingerprint density at radius 2 is 2.08 bits per heavy atom. The average molecular weight is 500 g/mol. The minimum Gasteiger partial charge on any atom is -0.598 e. The van der Waals surface area contributed by atoms with Gasteiger partial charge in [0.05, 0.1) is 14.9 Å². The summed E-state index contributed by atoms with van der Waals surface area (Å²) in [6.07, 6.45) is 1.41. The molecule has 9 heteroatoms. The van der Waals surface area contributed by atoms with E-state index in [9.17, 15) is 9.81 Å². The third kappa shape index (κ3) is 5.54. The predicted molar refractivity (Wildman–Crippen MR) is 116 cm³/mol. The molecule has 0 amide bonds. The molecule has 0 spiro atoms. The standard InChI is InChI=1S/C17H24BrClN2O2S3/c1-15(2,3)26(22)21-16(4,14-12(19)9-13(18)25-14)11-24-17(10-20)5-7-23-8-6-17/h9,21H,5-8,11H2,1-4H3/t16-,26+/m0/s1. The first-order valence-electron chi connectivity index (χ1n) is 8.29. The fraction of sp³-hybridized carbons (Fsp3) is 0.706. The first kappa shape index (κ1) is 22.8. The molecule has 4 nitrogen and oxygen atoms in total.